The van der Waals surface area contributed by atoms with E-state index in [4.69, 9.17) is 5.73 Å². The van der Waals surface area contributed by atoms with Crippen LogP contribution in [-0.4, -0.2) is 12.3 Å². The number of carbonyl (C=O) groups excluding carboxylic acids is 1. The zero-order valence-corrected chi connectivity index (χ0v) is 6.89. The number of hydrogen-bond donors (Lipinski definition) is 1. The summed E-state index contributed by atoms with van der Waals surface area (Å²) >= 11 is 0. The van der Waals surface area contributed by atoms with E-state index < -0.39 is 0 Å². The molecule has 2 nitrogen and oxygen atoms in total. The van der Waals surface area contributed by atoms with Crippen LogP contribution >= 0.6 is 0 Å². The lowest BCUT2D eigenvalue weighted by molar-refractivity contribution is -0.122. The summed E-state index contributed by atoms with van der Waals surface area (Å²) in [7, 11) is 0. The summed E-state index contributed by atoms with van der Waals surface area (Å²) < 4.78 is 0. The van der Waals surface area contributed by atoms with Crippen molar-refractivity contribution in [2.45, 2.75) is 33.1 Å². The molecule has 0 aromatic rings. The van der Waals surface area contributed by atoms with Gasteiger partial charge in [-0.2, -0.15) is 0 Å². The van der Waals surface area contributed by atoms with E-state index in [-0.39, 0.29) is 5.92 Å². The number of rotatable bonds is 5. The molecule has 0 heterocycles. The zero-order valence-electron chi connectivity index (χ0n) is 6.89. The standard InChI is InChI=1S/C8H17NO/c1-3-7(2)8(10)5-4-6-9/h7H,3-6,9H2,1-2H3. The zero-order chi connectivity index (χ0) is 7.98. The highest BCUT2D eigenvalue weighted by Crippen LogP contribution is 2.05. The molecule has 0 fully saturated rings. The molecule has 0 spiro atoms. The van der Waals surface area contributed by atoms with E-state index in [1.807, 2.05) is 13.8 Å². The molecule has 0 aromatic heterocycles. The van der Waals surface area contributed by atoms with Gasteiger partial charge in [0.15, 0.2) is 0 Å². The van der Waals surface area contributed by atoms with Gasteiger partial charge in [0.05, 0.1) is 0 Å². The summed E-state index contributed by atoms with van der Waals surface area (Å²) in [5, 5.41) is 0. The normalized spacial score (nSPS) is 13.1. The third kappa shape index (κ3) is 3.62. The van der Waals surface area contributed by atoms with Gasteiger partial charge in [0, 0.05) is 12.3 Å². The molecule has 0 amide bonds. The summed E-state index contributed by atoms with van der Waals surface area (Å²) in [4.78, 5) is 11.1. The van der Waals surface area contributed by atoms with Crippen molar-refractivity contribution in [1.29, 1.82) is 0 Å². The first-order chi connectivity index (χ1) is 4.72. The molecule has 0 saturated carbocycles. The fraction of sp³-hybridized carbons (Fsp3) is 0.875. The lowest BCUT2D eigenvalue weighted by atomic mass is 10.0. The van der Waals surface area contributed by atoms with E-state index in [9.17, 15) is 4.79 Å². The van der Waals surface area contributed by atoms with Gasteiger partial charge in [-0.1, -0.05) is 13.8 Å². The van der Waals surface area contributed by atoms with Crippen LogP contribution in [0.1, 0.15) is 33.1 Å². The Bertz CT molecular complexity index is 101. The summed E-state index contributed by atoms with van der Waals surface area (Å²) in [5.74, 6) is 0.583. The lowest BCUT2D eigenvalue weighted by Gasteiger charge is -2.04. The van der Waals surface area contributed by atoms with Gasteiger partial charge in [-0.05, 0) is 19.4 Å². The Hall–Kier alpha value is -0.370. The van der Waals surface area contributed by atoms with Crippen LogP contribution in [0.25, 0.3) is 0 Å². The van der Waals surface area contributed by atoms with Crippen LogP contribution in [0.5, 0.6) is 0 Å². The van der Waals surface area contributed by atoms with Gasteiger partial charge in [0.1, 0.15) is 5.78 Å². The molecule has 0 radical (unpaired) electrons. The second kappa shape index (κ2) is 5.42. The highest BCUT2D eigenvalue weighted by atomic mass is 16.1. The van der Waals surface area contributed by atoms with Gasteiger partial charge in [0.2, 0.25) is 0 Å². The largest absolute Gasteiger partial charge is 0.330 e. The molecule has 10 heavy (non-hydrogen) atoms. The molecule has 60 valence electrons. The maximum absolute atomic E-state index is 11.1. The van der Waals surface area contributed by atoms with Crippen molar-refractivity contribution in [3.8, 4) is 0 Å². The molecule has 0 bridgehead atoms. The van der Waals surface area contributed by atoms with Crippen molar-refractivity contribution in [3.63, 3.8) is 0 Å². The Morgan fingerprint density at radius 3 is 2.60 bits per heavy atom. The summed E-state index contributed by atoms with van der Waals surface area (Å²) in [5.41, 5.74) is 5.27. The molecule has 1 unspecified atom stereocenters. The van der Waals surface area contributed by atoms with Gasteiger partial charge in [-0.15, -0.1) is 0 Å². The molecular formula is C8H17NO. The predicted octanol–water partition coefficient (Wildman–Crippen LogP) is 1.34. The van der Waals surface area contributed by atoms with Crippen molar-refractivity contribution >= 4 is 5.78 Å². The van der Waals surface area contributed by atoms with E-state index in [1.165, 1.54) is 0 Å². The predicted molar refractivity (Wildman–Crippen MR) is 42.8 cm³/mol. The quantitative estimate of drug-likeness (QED) is 0.631. The minimum atomic E-state index is 0.228. The van der Waals surface area contributed by atoms with Crippen molar-refractivity contribution in [3.05, 3.63) is 0 Å². The lowest BCUT2D eigenvalue weighted by Crippen LogP contribution is -2.11. The van der Waals surface area contributed by atoms with Gasteiger partial charge < -0.3 is 5.73 Å². The fourth-order valence-corrected chi connectivity index (χ4v) is 0.750. The van der Waals surface area contributed by atoms with E-state index in [0.717, 1.165) is 12.8 Å². The fourth-order valence-electron chi connectivity index (χ4n) is 0.750. The molecule has 2 heteroatoms. The van der Waals surface area contributed by atoms with Crippen LogP contribution in [0.3, 0.4) is 0 Å². The van der Waals surface area contributed by atoms with Crippen LogP contribution in [-0.2, 0) is 4.79 Å². The van der Waals surface area contributed by atoms with Crippen molar-refractivity contribution in [2.75, 3.05) is 6.54 Å². The molecule has 0 aliphatic carbocycles. The summed E-state index contributed by atoms with van der Waals surface area (Å²) in [6.07, 6.45) is 2.44. The first kappa shape index (κ1) is 9.63. The number of Topliss-reactive ketones (excluding diaryl/α,β-unsaturated/α-hetero) is 1. The van der Waals surface area contributed by atoms with E-state index in [1.54, 1.807) is 0 Å². The monoisotopic (exact) mass is 143 g/mol. The number of ketones is 1. The second-order valence-electron chi connectivity index (χ2n) is 2.67. The van der Waals surface area contributed by atoms with Crippen molar-refractivity contribution in [2.24, 2.45) is 11.7 Å². The summed E-state index contributed by atoms with van der Waals surface area (Å²) in [6, 6.07) is 0. The Morgan fingerprint density at radius 1 is 1.60 bits per heavy atom. The minimum Gasteiger partial charge on any atom is -0.330 e. The summed E-state index contributed by atoms with van der Waals surface area (Å²) in [6.45, 7) is 4.63. The molecule has 0 aromatic carbocycles. The van der Waals surface area contributed by atoms with E-state index in [0.29, 0.717) is 18.7 Å². The molecule has 0 aliphatic rings. The van der Waals surface area contributed by atoms with Crippen LogP contribution in [0.2, 0.25) is 0 Å². The number of nitrogens with two attached hydrogens (primary N) is 1. The van der Waals surface area contributed by atoms with Crippen LogP contribution in [0.4, 0.5) is 0 Å². The van der Waals surface area contributed by atoms with Crippen molar-refractivity contribution in [1.82, 2.24) is 0 Å². The maximum atomic E-state index is 11.1. The average Bonchev–Trinajstić information content (AvgIpc) is 1.98. The molecule has 1 atom stereocenters. The SMILES string of the molecule is CCC(C)C(=O)CCCN. The first-order valence-electron chi connectivity index (χ1n) is 3.95. The van der Waals surface area contributed by atoms with Gasteiger partial charge in [-0.3, -0.25) is 4.79 Å². The number of carbonyl (C=O) groups is 1. The Kier molecular flexibility index (Phi) is 5.22. The molecule has 0 aliphatic heterocycles. The smallest absolute Gasteiger partial charge is 0.135 e. The topological polar surface area (TPSA) is 43.1 Å². The highest BCUT2D eigenvalue weighted by molar-refractivity contribution is 5.80. The molecule has 0 rings (SSSR count). The van der Waals surface area contributed by atoms with Crippen LogP contribution < -0.4 is 5.73 Å². The Labute approximate surface area is 62.8 Å². The maximum Gasteiger partial charge on any atom is 0.135 e. The number of hydrogen-bond acceptors (Lipinski definition) is 2. The van der Waals surface area contributed by atoms with Crippen LogP contribution in [0, 0.1) is 5.92 Å². The van der Waals surface area contributed by atoms with Gasteiger partial charge in [-0.25, -0.2) is 0 Å². The first-order valence-corrected chi connectivity index (χ1v) is 3.95. The van der Waals surface area contributed by atoms with Gasteiger partial charge in [0.25, 0.3) is 0 Å². The highest BCUT2D eigenvalue weighted by Gasteiger charge is 2.08. The van der Waals surface area contributed by atoms with E-state index >= 15 is 0 Å². The second-order valence-corrected chi connectivity index (χ2v) is 2.67. The Morgan fingerprint density at radius 2 is 2.20 bits per heavy atom. The third-order valence-electron chi connectivity index (χ3n) is 1.79. The average molecular weight is 143 g/mol. The minimum absolute atomic E-state index is 0.228. The molecular weight excluding hydrogens is 126 g/mol. The van der Waals surface area contributed by atoms with Crippen LogP contribution in [0.15, 0.2) is 0 Å². The molecule has 2 N–H and O–H groups in total. The van der Waals surface area contributed by atoms with Crippen molar-refractivity contribution < 1.29 is 4.79 Å². The third-order valence-corrected chi connectivity index (χ3v) is 1.79. The Balaban J connectivity index is 3.42. The molecule has 0 saturated heterocycles. The van der Waals surface area contributed by atoms with E-state index in [2.05, 4.69) is 0 Å². The van der Waals surface area contributed by atoms with Gasteiger partial charge >= 0.3 is 0 Å².